The Morgan fingerprint density at radius 3 is 2.27 bits per heavy atom. The maximum Gasteiger partial charge on any atom is 0.282 e. The molecular formula is C17H26N4O4S. The van der Waals surface area contributed by atoms with E-state index in [1.165, 1.54) is 8.61 Å². The molecule has 2 fully saturated rings. The van der Waals surface area contributed by atoms with Crippen LogP contribution in [0, 0.1) is 0 Å². The van der Waals surface area contributed by atoms with Crippen LogP contribution in [0.25, 0.3) is 0 Å². The molecule has 3 rings (SSSR count). The molecule has 1 aromatic carbocycles. The van der Waals surface area contributed by atoms with Crippen molar-refractivity contribution >= 4 is 21.8 Å². The Morgan fingerprint density at radius 1 is 1.08 bits per heavy atom. The summed E-state index contributed by atoms with van der Waals surface area (Å²) < 4.78 is 34.4. The Labute approximate surface area is 154 Å². The van der Waals surface area contributed by atoms with Crippen LogP contribution in [0.3, 0.4) is 0 Å². The Kier molecular flexibility index (Phi) is 5.52. The van der Waals surface area contributed by atoms with Crippen molar-refractivity contribution in [3.8, 4) is 0 Å². The summed E-state index contributed by atoms with van der Waals surface area (Å²) in [6, 6.07) is 6.83. The van der Waals surface area contributed by atoms with Crippen molar-refractivity contribution in [2.24, 2.45) is 0 Å². The van der Waals surface area contributed by atoms with Crippen LogP contribution in [0.5, 0.6) is 0 Å². The number of benzene rings is 1. The molecule has 144 valence electrons. The number of rotatable bonds is 3. The first-order valence-electron chi connectivity index (χ1n) is 8.83. The molecule has 1 amide bonds. The summed E-state index contributed by atoms with van der Waals surface area (Å²) in [5, 5.41) is 0. The topological polar surface area (TPSA) is 96.2 Å². The molecular weight excluding hydrogens is 356 g/mol. The van der Waals surface area contributed by atoms with Crippen molar-refractivity contribution < 1.29 is 17.9 Å². The average Bonchev–Trinajstić information content (AvgIpc) is 2.60. The summed E-state index contributed by atoms with van der Waals surface area (Å²) in [4.78, 5) is 14.2. The fourth-order valence-electron chi connectivity index (χ4n) is 3.46. The number of anilines is 1. The summed E-state index contributed by atoms with van der Waals surface area (Å²) in [6.07, 6.45) is -0.250. The molecule has 2 aliphatic rings. The summed E-state index contributed by atoms with van der Waals surface area (Å²) in [6.45, 7) is 5.77. The minimum atomic E-state index is -3.54. The standard InChI is InChI=1S/C17H26N4O4S/c1-13-11-21(12-14(2)25-13)26(23,24)20-8-6-19(7-9-20)17(22)15-4-3-5-16(18)10-15/h3-5,10,13-14H,6-9,11-12,18H2,1-2H3. The summed E-state index contributed by atoms with van der Waals surface area (Å²) in [7, 11) is -3.54. The van der Waals surface area contributed by atoms with Gasteiger partial charge in [-0.25, -0.2) is 0 Å². The minimum Gasteiger partial charge on any atom is -0.399 e. The molecule has 2 aliphatic heterocycles. The monoisotopic (exact) mass is 382 g/mol. The third kappa shape index (κ3) is 4.01. The van der Waals surface area contributed by atoms with Crippen LogP contribution in [0.2, 0.25) is 0 Å². The highest BCUT2D eigenvalue weighted by molar-refractivity contribution is 7.86. The molecule has 1 aromatic rings. The molecule has 0 bridgehead atoms. The third-order valence-corrected chi connectivity index (χ3v) is 6.67. The number of amides is 1. The molecule has 0 spiro atoms. The number of carbonyl (C=O) groups excluding carboxylic acids is 1. The van der Waals surface area contributed by atoms with E-state index in [0.29, 0.717) is 37.4 Å². The predicted octanol–water partition coefficient (Wildman–Crippen LogP) is 0.381. The molecule has 2 unspecified atom stereocenters. The smallest absolute Gasteiger partial charge is 0.282 e. The van der Waals surface area contributed by atoms with Gasteiger partial charge in [-0.15, -0.1) is 0 Å². The van der Waals surface area contributed by atoms with E-state index in [0.717, 1.165) is 0 Å². The molecule has 2 saturated heterocycles. The Morgan fingerprint density at radius 2 is 1.69 bits per heavy atom. The second-order valence-corrected chi connectivity index (χ2v) is 8.83. The van der Waals surface area contributed by atoms with Gasteiger partial charge in [-0.2, -0.15) is 17.0 Å². The van der Waals surface area contributed by atoms with Gasteiger partial charge in [-0.05, 0) is 32.0 Å². The number of carbonyl (C=O) groups is 1. The van der Waals surface area contributed by atoms with E-state index in [1.54, 1.807) is 29.2 Å². The molecule has 0 aromatic heterocycles. The maximum atomic E-state index is 12.9. The zero-order chi connectivity index (χ0) is 18.9. The number of morpholine rings is 1. The number of hydrogen-bond acceptors (Lipinski definition) is 5. The molecule has 0 aliphatic carbocycles. The van der Waals surface area contributed by atoms with E-state index in [9.17, 15) is 13.2 Å². The fraction of sp³-hybridized carbons (Fsp3) is 0.588. The first kappa shape index (κ1) is 19.1. The van der Waals surface area contributed by atoms with Gasteiger partial charge < -0.3 is 15.4 Å². The molecule has 8 nitrogen and oxygen atoms in total. The quantitative estimate of drug-likeness (QED) is 0.763. The highest BCUT2D eigenvalue weighted by Gasteiger charge is 2.37. The van der Waals surface area contributed by atoms with Gasteiger partial charge in [-0.3, -0.25) is 4.79 Å². The van der Waals surface area contributed by atoms with Crippen molar-refractivity contribution in [1.29, 1.82) is 0 Å². The van der Waals surface area contributed by atoms with Crippen LogP contribution < -0.4 is 5.73 Å². The number of ether oxygens (including phenoxy) is 1. The molecule has 26 heavy (non-hydrogen) atoms. The van der Waals surface area contributed by atoms with Crippen molar-refractivity contribution in [3.63, 3.8) is 0 Å². The van der Waals surface area contributed by atoms with Gasteiger partial charge in [0.25, 0.3) is 16.1 Å². The molecule has 2 N–H and O–H groups in total. The lowest BCUT2D eigenvalue weighted by Crippen LogP contribution is -2.57. The van der Waals surface area contributed by atoms with Crippen LogP contribution >= 0.6 is 0 Å². The van der Waals surface area contributed by atoms with Gasteiger partial charge in [0.15, 0.2) is 0 Å². The number of nitrogen functional groups attached to an aromatic ring is 1. The first-order chi connectivity index (χ1) is 12.3. The third-order valence-electron chi connectivity index (χ3n) is 4.70. The van der Waals surface area contributed by atoms with Gasteiger partial charge in [0, 0.05) is 50.5 Å². The molecule has 2 atom stereocenters. The Hall–Kier alpha value is -1.68. The lowest BCUT2D eigenvalue weighted by atomic mass is 10.1. The van der Waals surface area contributed by atoms with E-state index in [2.05, 4.69) is 0 Å². The molecule has 2 heterocycles. The van der Waals surface area contributed by atoms with Gasteiger partial charge in [-0.1, -0.05) is 6.07 Å². The van der Waals surface area contributed by atoms with Crippen molar-refractivity contribution in [3.05, 3.63) is 29.8 Å². The van der Waals surface area contributed by atoms with E-state index < -0.39 is 10.2 Å². The molecule has 9 heteroatoms. The van der Waals surface area contributed by atoms with E-state index in [1.807, 2.05) is 13.8 Å². The minimum absolute atomic E-state index is 0.122. The van der Waals surface area contributed by atoms with Crippen LogP contribution in [0.1, 0.15) is 24.2 Å². The average molecular weight is 382 g/mol. The first-order valence-corrected chi connectivity index (χ1v) is 10.2. The van der Waals surface area contributed by atoms with Gasteiger partial charge in [0.2, 0.25) is 0 Å². The van der Waals surface area contributed by atoms with Gasteiger partial charge in [0.05, 0.1) is 12.2 Å². The Bertz CT molecular complexity index is 752. The predicted molar refractivity (Wildman–Crippen MR) is 98.8 cm³/mol. The normalized spacial score (nSPS) is 26.0. The SMILES string of the molecule is CC1CN(S(=O)(=O)N2CCN(C(=O)c3cccc(N)c3)CC2)CC(C)O1. The molecule has 0 saturated carbocycles. The van der Waals surface area contributed by atoms with Gasteiger partial charge >= 0.3 is 0 Å². The Balaban J connectivity index is 1.63. The van der Waals surface area contributed by atoms with Gasteiger partial charge in [0.1, 0.15) is 0 Å². The highest BCUT2D eigenvalue weighted by atomic mass is 32.2. The van der Waals surface area contributed by atoms with Crippen molar-refractivity contribution in [2.45, 2.75) is 26.1 Å². The van der Waals surface area contributed by atoms with Crippen LogP contribution in [-0.2, 0) is 14.9 Å². The van der Waals surface area contributed by atoms with E-state index >= 15 is 0 Å². The number of nitrogens with zero attached hydrogens (tertiary/aromatic N) is 3. The lowest BCUT2D eigenvalue weighted by molar-refractivity contribution is -0.0457. The second-order valence-electron chi connectivity index (χ2n) is 6.90. The summed E-state index contributed by atoms with van der Waals surface area (Å²) >= 11 is 0. The van der Waals surface area contributed by atoms with Crippen molar-refractivity contribution in [2.75, 3.05) is 45.0 Å². The maximum absolute atomic E-state index is 12.9. The van der Waals surface area contributed by atoms with Crippen LogP contribution in [0.4, 0.5) is 5.69 Å². The van der Waals surface area contributed by atoms with Crippen molar-refractivity contribution in [1.82, 2.24) is 13.5 Å². The second kappa shape index (κ2) is 7.51. The van der Waals surface area contributed by atoms with E-state index in [-0.39, 0.29) is 31.2 Å². The summed E-state index contributed by atoms with van der Waals surface area (Å²) in [5.41, 5.74) is 6.80. The zero-order valence-corrected chi connectivity index (χ0v) is 16.0. The van der Waals surface area contributed by atoms with Crippen LogP contribution in [0.15, 0.2) is 24.3 Å². The highest BCUT2D eigenvalue weighted by Crippen LogP contribution is 2.19. The largest absolute Gasteiger partial charge is 0.399 e. The number of piperazine rings is 1. The van der Waals surface area contributed by atoms with E-state index in [4.69, 9.17) is 10.5 Å². The lowest BCUT2D eigenvalue weighted by Gasteiger charge is -2.40. The number of nitrogens with two attached hydrogens (primary N) is 1. The summed E-state index contributed by atoms with van der Waals surface area (Å²) in [5.74, 6) is -0.122. The fourth-order valence-corrected chi connectivity index (χ4v) is 5.21. The van der Waals surface area contributed by atoms with Crippen LogP contribution in [-0.4, -0.2) is 79.3 Å². The zero-order valence-electron chi connectivity index (χ0n) is 15.2. The number of hydrogen-bond donors (Lipinski definition) is 1. The molecule has 0 radical (unpaired) electrons.